The standard InChI is InChI=1S/C18H16BrN3O2/c1-24-17-7-2-4-13(8-17)11-22-12-16(10-20-22)21-18(23)14-5-3-6-15(19)9-14/h2-10,12H,11H2,1H3,(H,21,23). The van der Waals surface area contributed by atoms with Crippen LogP contribution in [-0.4, -0.2) is 22.8 Å². The maximum Gasteiger partial charge on any atom is 0.255 e. The Morgan fingerprint density at radius 3 is 2.88 bits per heavy atom. The quantitative estimate of drug-likeness (QED) is 0.723. The molecule has 0 bridgehead atoms. The van der Waals surface area contributed by atoms with Gasteiger partial charge in [0, 0.05) is 16.2 Å². The monoisotopic (exact) mass is 385 g/mol. The molecular formula is C18H16BrN3O2. The van der Waals surface area contributed by atoms with E-state index in [9.17, 15) is 4.79 Å². The molecule has 1 amide bonds. The number of anilines is 1. The first kappa shape index (κ1) is 16.3. The Morgan fingerprint density at radius 1 is 1.25 bits per heavy atom. The van der Waals surface area contributed by atoms with E-state index in [4.69, 9.17) is 4.74 Å². The summed E-state index contributed by atoms with van der Waals surface area (Å²) in [4.78, 5) is 12.2. The van der Waals surface area contributed by atoms with Crippen molar-refractivity contribution in [2.75, 3.05) is 12.4 Å². The SMILES string of the molecule is COc1cccc(Cn2cc(NC(=O)c3cccc(Br)c3)cn2)c1. The van der Waals surface area contributed by atoms with Gasteiger partial charge in [-0.15, -0.1) is 0 Å². The van der Waals surface area contributed by atoms with E-state index in [0.717, 1.165) is 15.8 Å². The van der Waals surface area contributed by atoms with Crippen molar-refractivity contribution in [2.24, 2.45) is 0 Å². The summed E-state index contributed by atoms with van der Waals surface area (Å²) in [5.74, 6) is 0.639. The van der Waals surface area contributed by atoms with Crippen molar-refractivity contribution < 1.29 is 9.53 Å². The summed E-state index contributed by atoms with van der Waals surface area (Å²) < 4.78 is 7.85. The number of halogens is 1. The van der Waals surface area contributed by atoms with Crippen LogP contribution >= 0.6 is 15.9 Å². The summed E-state index contributed by atoms with van der Waals surface area (Å²) >= 11 is 3.36. The molecule has 6 heteroatoms. The predicted molar refractivity (Wildman–Crippen MR) is 96.4 cm³/mol. The first-order valence-corrected chi connectivity index (χ1v) is 8.15. The number of amides is 1. The summed E-state index contributed by atoms with van der Waals surface area (Å²) in [6.07, 6.45) is 3.44. The Kier molecular flexibility index (Phi) is 4.96. The number of carbonyl (C=O) groups excluding carboxylic acids is 1. The Morgan fingerprint density at radius 2 is 2.08 bits per heavy atom. The Labute approximate surface area is 148 Å². The van der Waals surface area contributed by atoms with Crippen LogP contribution < -0.4 is 10.1 Å². The highest BCUT2D eigenvalue weighted by atomic mass is 79.9. The van der Waals surface area contributed by atoms with Gasteiger partial charge in [-0.2, -0.15) is 5.10 Å². The Bertz CT molecular complexity index is 861. The normalized spacial score (nSPS) is 10.4. The van der Waals surface area contributed by atoms with Crippen molar-refractivity contribution in [3.8, 4) is 5.75 Å². The molecule has 0 aliphatic rings. The number of carbonyl (C=O) groups is 1. The molecule has 0 saturated heterocycles. The van der Waals surface area contributed by atoms with E-state index in [0.29, 0.717) is 17.8 Å². The van der Waals surface area contributed by atoms with Crippen molar-refractivity contribution in [1.82, 2.24) is 9.78 Å². The third-order valence-corrected chi connectivity index (χ3v) is 3.95. The van der Waals surface area contributed by atoms with Crippen LogP contribution in [0.25, 0.3) is 0 Å². The first-order chi connectivity index (χ1) is 11.6. The van der Waals surface area contributed by atoms with E-state index in [1.54, 1.807) is 36.3 Å². The number of ether oxygens (including phenoxy) is 1. The second-order valence-electron chi connectivity index (χ2n) is 5.24. The molecule has 3 rings (SSSR count). The molecule has 0 radical (unpaired) electrons. The van der Waals surface area contributed by atoms with Crippen molar-refractivity contribution in [2.45, 2.75) is 6.54 Å². The van der Waals surface area contributed by atoms with Gasteiger partial charge < -0.3 is 10.1 Å². The molecule has 1 heterocycles. The van der Waals surface area contributed by atoms with Crippen molar-refractivity contribution in [3.63, 3.8) is 0 Å². The van der Waals surface area contributed by atoms with E-state index in [-0.39, 0.29) is 5.91 Å². The highest BCUT2D eigenvalue weighted by Crippen LogP contribution is 2.16. The molecule has 0 atom stereocenters. The van der Waals surface area contributed by atoms with Crippen molar-refractivity contribution in [3.05, 3.63) is 76.5 Å². The van der Waals surface area contributed by atoms with Crippen molar-refractivity contribution in [1.29, 1.82) is 0 Å². The van der Waals surface area contributed by atoms with Gasteiger partial charge in [-0.25, -0.2) is 0 Å². The lowest BCUT2D eigenvalue weighted by Crippen LogP contribution is -2.11. The largest absolute Gasteiger partial charge is 0.497 e. The van der Waals surface area contributed by atoms with Gasteiger partial charge >= 0.3 is 0 Å². The maximum absolute atomic E-state index is 12.2. The van der Waals surface area contributed by atoms with E-state index < -0.39 is 0 Å². The molecule has 122 valence electrons. The fourth-order valence-electron chi connectivity index (χ4n) is 2.31. The minimum Gasteiger partial charge on any atom is -0.497 e. The zero-order valence-corrected chi connectivity index (χ0v) is 14.7. The molecule has 1 N–H and O–H groups in total. The smallest absolute Gasteiger partial charge is 0.255 e. The lowest BCUT2D eigenvalue weighted by atomic mass is 10.2. The molecular weight excluding hydrogens is 370 g/mol. The maximum atomic E-state index is 12.2. The molecule has 0 aliphatic carbocycles. The molecule has 2 aromatic carbocycles. The summed E-state index contributed by atoms with van der Waals surface area (Å²) in [6, 6.07) is 15.0. The highest BCUT2D eigenvalue weighted by Gasteiger charge is 2.08. The summed E-state index contributed by atoms with van der Waals surface area (Å²) in [5.41, 5.74) is 2.31. The Hall–Kier alpha value is -2.60. The number of hydrogen-bond donors (Lipinski definition) is 1. The van der Waals surface area contributed by atoms with Crippen molar-refractivity contribution >= 4 is 27.5 Å². The van der Waals surface area contributed by atoms with Crippen LogP contribution in [0.5, 0.6) is 5.75 Å². The molecule has 5 nitrogen and oxygen atoms in total. The van der Waals surface area contributed by atoms with E-state index in [2.05, 4.69) is 26.3 Å². The molecule has 24 heavy (non-hydrogen) atoms. The zero-order valence-electron chi connectivity index (χ0n) is 13.1. The fourth-order valence-corrected chi connectivity index (χ4v) is 2.70. The third-order valence-electron chi connectivity index (χ3n) is 3.46. The molecule has 0 spiro atoms. The van der Waals surface area contributed by atoms with Gasteiger partial charge in [0.15, 0.2) is 0 Å². The van der Waals surface area contributed by atoms with Crippen LogP contribution in [0, 0.1) is 0 Å². The topological polar surface area (TPSA) is 56.1 Å². The number of hydrogen-bond acceptors (Lipinski definition) is 3. The third kappa shape index (κ3) is 4.02. The minimum absolute atomic E-state index is 0.169. The van der Waals surface area contributed by atoms with Crippen LogP contribution in [0.2, 0.25) is 0 Å². The average molecular weight is 386 g/mol. The number of methoxy groups -OCH3 is 1. The molecule has 1 aromatic heterocycles. The second-order valence-corrected chi connectivity index (χ2v) is 6.16. The van der Waals surface area contributed by atoms with Crippen LogP contribution in [0.4, 0.5) is 5.69 Å². The van der Waals surface area contributed by atoms with Gasteiger partial charge in [0.25, 0.3) is 5.91 Å². The van der Waals surface area contributed by atoms with Crippen LogP contribution in [-0.2, 0) is 6.54 Å². The number of benzene rings is 2. The second kappa shape index (κ2) is 7.31. The van der Waals surface area contributed by atoms with Crippen LogP contribution in [0.1, 0.15) is 15.9 Å². The molecule has 3 aromatic rings. The number of rotatable bonds is 5. The average Bonchev–Trinajstić information content (AvgIpc) is 3.02. The lowest BCUT2D eigenvalue weighted by Gasteiger charge is -2.05. The summed E-state index contributed by atoms with van der Waals surface area (Å²) in [5, 5.41) is 7.13. The summed E-state index contributed by atoms with van der Waals surface area (Å²) in [7, 11) is 1.64. The van der Waals surface area contributed by atoms with E-state index >= 15 is 0 Å². The molecule has 0 fully saturated rings. The Balaban J connectivity index is 1.68. The number of nitrogens with zero attached hydrogens (tertiary/aromatic N) is 2. The van der Waals surface area contributed by atoms with Gasteiger partial charge in [0.2, 0.25) is 0 Å². The molecule has 0 aliphatic heterocycles. The lowest BCUT2D eigenvalue weighted by molar-refractivity contribution is 0.102. The van der Waals surface area contributed by atoms with Gasteiger partial charge in [-0.05, 0) is 35.9 Å². The zero-order chi connectivity index (χ0) is 16.9. The van der Waals surface area contributed by atoms with Gasteiger partial charge in [-0.3, -0.25) is 9.48 Å². The summed E-state index contributed by atoms with van der Waals surface area (Å²) in [6.45, 7) is 0.601. The minimum atomic E-state index is -0.169. The number of aromatic nitrogens is 2. The molecule has 0 unspecified atom stereocenters. The van der Waals surface area contributed by atoms with Gasteiger partial charge in [0.05, 0.1) is 25.5 Å². The van der Waals surface area contributed by atoms with Gasteiger partial charge in [0.1, 0.15) is 5.75 Å². The van der Waals surface area contributed by atoms with E-state index in [1.165, 1.54) is 0 Å². The van der Waals surface area contributed by atoms with Crippen LogP contribution in [0.15, 0.2) is 65.4 Å². The predicted octanol–water partition coefficient (Wildman–Crippen LogP) is 3.95. The highest BCUT2D eigenvalue weighted by molar-refractivity contribution is 9.10. The molecule has 0 saturated carbocycles. The van der Waals surface area contributed by atoms with Crippen LogP contribution in [0.3, 0.4) is 0 Å². The van der Waals surface area contributed by atoms with Gasteiger partial charge in [-0.1, -0.05) is 34.1 Å². The van der Waals surface area contributed by atoms with E-state index in [1.807, 2.05) is 36.4 Å². The fraction of sp³-hybridized carbons (Fsp3) is 0.111. The number of nitrogens with one attached hydrogen (secondary N) is 1. The first-order valence-electron chi connectivity index (χ1n) is 7.36.